The molecule has 21 heavy (non-hydrogen) atoms. The van der Waals surface area contributed by atoms with Gasteiger partial charge in [0.25, 0.3) is 5.91 Å². The lowest BCUT2D eigenvalue weighted by atomic mass is 10.5. The maximum atomic E-state index is 12.7. The second-order valence-electron chi connectivity index (χ2n) is 3.69. The number of nitrogens with zero attached hydrogens (tertiary/aromatic N) is 4. The van der Waals surface area contributed by atoms with Gasteiger partial charge in [0, 0.05) is 0 Å². The number of amides is 1. The minimum atomic E-state index is -0.750. The number of hydrogen-bond acceptors (Lipinski definition) is 6. The highest BCUT2D eigenvalue weighted by Crippen LogP contribution is 2.20. The second-order valence-corrected chi connectivity index (χ2v) is 5.16. The van der Waals surface area contributed by atoms with E-state index in [-0.39, 0.29) is 16.7 Å². The molecule has 2 aromatic heterocycles. The number of nitrogens with one attached hydrogen (secondary N) is 1. The summed E-state index contributed by atoms with van der Waals surface area (Å²) in [4.78, 5) is 21.9. The molecule has 0 fully saturated rings. The van der Waals surface area contributed by atoms with Gasteiger partial charge in [-0.2, -0.15) is 14.2 Å². The summed E-state index contributed by atoms with van der Waals surface area (Å²) in [6, 6.07) is 2.78. The second kappa shape index (κ2) is 6.41. The van der Waals surface area contributed by atoms with Gasteiger partial charge < -0.3 is 10.1 Å². The van der Waals surface area contributed by atoms with Gasteiger partial charge in [0.05, 0.1) is 22.4 Å². The monoisotopic (exact) mass is 331 g/mol. The Bertz CT molecular complexity index is 713. The van der Waals surface area contributed by atoms with Crippen molar-refractivity contribution in [3.63, 3.8) is 0 Å². The van der Waals surface area contributed by atoms with Gasteiger partial charge in [-0.15, -0.1) is 11.3 Å². The molecule has 2 rings (SSSR count). The molecule has 0 radical (unpaired) electrons. The van der Waals surface area contributed by atoms with E-state index in [2.05, 4.69) is 15.6 Å². The molecule has 0 atom stereocenters. The zero-order chi connectivity index (χ0) is 15.4. The number of halogens is 2. The van der Waals surface area contributed by atoms with E-state index in [9.17, 15) is 19.3 Å². The molecule has 2 aromatic rings. The zero-order valence-corrected chi connectivity index (χ0v) is 11.8. The molecule has 0 unspecified atom stereocenters. The van der Waals surface area contributed by atoms with E-state index in [4.69, 9.17) is 11.6 Å². The molecular weight excluding hydrogens is 325 g/mol. The van der Waals surface area contributed by atoms with Gasteiger partial charge in [0.2, 0.25) is 0 Å². The highest BCUT2D eigenvalue weighted by Gasteiger charge is 2.20. The molecule has 0 bridgehead atoms. The molecular formula is C10H7ClFN5O3S. The maximum Gasteiger partial charge on any atom is 0.408 e. The third kappa shape index (κ3) is 4.07. The first-order chi connectivity index (χ1) is 9.95. The van der Waals surface area contributed by atoms with E-state index in [0.29, 0.717) is 4.88 Å². The molecule has 0 aliphatic heterocycles. The van der Waals surface area contributed by atoms with Crippen molar-refractivity contribution in [2.24, 2.45) is 5.10 Å². The third-order valence-electron chi connectivity index (χ3n) is 2.15. The smallest absolute Gasteiger partial charge is 0.358 e. The molecule has 0 saturated heterocycles. The summed E-state index contributed by atoms with van der Waals surface area (Å²) in [5.41, 5.74) is 2.19. The largest absolute Gasteiger partial charge is 0.408 e. The van der Waals surface area contributed by atoms with Gasteiger partial charge in [-0.05, 0) is 17.1 Å². The zero-order valence-electron chi connectivity index (χ0n) is 10.2. The van der Waals surface area contributed by atoms with Crippen LogP contribution in [0.2, 0.25) is 5.02 Å². The van der Waals surface area contributed by atoms with Crippen LogP contribution >= 0.6 is 22.9 Å². The Balaban J connectivity index is 1.91. The molecule has 2 heterocycles. The summed E-state index contributed by atoms with van der Waals surface area (Å²) >= 11 is 6.46. The summed E-state index contributed by atoms with van der Waals surface area (Å²) in [6.45, 7) is -0.288. The van der Waals surface area contributed by atoms with Crippen molar-refractivity contribution in [1.29, 1.82) is 0 Å². The molecule has 0 aliphatic rings. The van der Waals surface area contributed by atoms with Crippen LogP contribution in [0.1, 0.15) is 4.88 Å². The molecule has 0 aliphatic carbocycles. The van der Waals surface area contributed by atoms with Crippen LogP contribution in [0.15, 0.2) is 23.4 Å². The number of nitro groups is 1. The number of carbonyl (C=O) groups is 1. The minimum Gasteiger partial charge on any atom is -0.358 e. The lowest BCUT2D eigenvalue weighted by Gasteiger charge is -1.96. The van der Waals surface area contributed by atoms with E-state index in [0.717, 1.165) is 22.2 Å². The molecule has 1 amide bonds. The number of rotatable bonds is 5. The van der Waals surface area contributed by atoms with Crippen LogP contribution in [-0.4, -0.2) is 26.8 Å². The van der Waals surface area contributed by atoms with Crippen LogP contribution in [0.4, 0.5) is 10.2 Å². The minimum absolute atomic E-state index is 0.162. The van der Waals surface area contributed by atoms with E-state index in [1.807, 2.05) is 0 Å². The van der Waals surface area contributed by atoms with Crippen molar-refractivity contribution in [1.82, 2.24) is 15.2 Å². The standard InChI is InChI=1S/C10H7ClFN5O3S/c11-7-4-16(15-10(7)17(19)20)5-9(18)14-13-3-6-1-2-8(12)21-6/h1-4H,5H2,(H,14,18). The molecule has 110 valence electrons. The molecule has 0 spiro atoms. The van der Waals surface area contributed by atoms with Gasteiger partial charge in [-0.25, -0.2) is 5.43 Å². The maximum absolute atomic E-state index is 12.7. The van der Waals surface area contributed by atoms with E-state index >= 15 is 0 Å². The van der Waals surface area contributed by atoms with Crippen LogP contribution in [-0.2, 0) is 11.3 Å². The lowest BCUT2D eigenvalue weighted by molar-refractivity contribution is -0.389. The Labute approximate surface area is 126 Å². The quantitative estimate of drug-likeness (QED) is 0.512. The number of aromatic nitrogens is 2. The number of hydrogen-bond donors (Lipinski definition) is 1. The first-order valence-electron chi connectivity index (χ1n) is 5.40. The van der Waals surface area contributed by atoms with Crippen molar-refractivity contribution in [2.75, 3.05) is 0 Å². The van der Waals surface area contributed by atoms with E-state index < -0.39 is 16.6 Å². The molecule has 1 N–H and O–H groups in total. The first-order valence-corrected chi connectivity index (χ1v) is 6.59. The highest BCUT2D eigenvalue weighted by atomic mass is 35.5. The molecule has 0 aromatic carbocycles. The van der Waals surface area contributed by atoms with Crippen LogP contribution in [0.3, 0.4) is 0 Å². The van der Waals surface area contributed by atoms with Crippen molar-refractivity contribution >= 4 is 40.9 Å². The van der Waals surface area contributed by atoms with Crippen molar-refractivity contribution in [3.8, 4) is 0 Å². The SMILES string of the molecule is O=C(Cn1cc(Cl)c([N+](=O)[O-])n1)NN=Cc1ccc(F)s1. The fourth-order valence-corrected chi connectivity index (χ4v) is 2.16. The van der Waals surface area contributed by atoms with Gasteiger partial charge in [0.1, 0.15) is 6.54 Å². The third-order valence-corrected chi connectivity index (χ3v) is 3.23. The number of carbonyl (C=O) groups excluding carboxylic acids is 1. The highest BCUT2D eigenvalue weighted by molar-refractivity contribution is 7.12. The molecule has 8 nitrogen and oxygen atoms in total. The fourth-order valence-electron chi connectivity index (χ4n) is 1.34. The summed E-state index contributed by atoms with van der Waals surface area (Å²) in [6.07, 6.45) is 2.45. The Morgan fingerprint density at radius 2 is 2.43 bits per heavy atom. The van der Waals surface area contributed by atoms with E-state index in [1.54, 1.807) is 0 Å². The Hall–Kier alpha value is -2.33. The fraction of sp³-hybridized carbons (Fsp3) is 0.100. The van der Waals surface area contributed by atoms with Gasteiger partial charge in [-0.1, -0.05) is 11.6 Å². The van der Waals surface area contributed by atoms with Gasteiger partial charge in [-0.3, -0.25) is 4.79 Å². The summed E-state index contributed by atoms with van der Waals surface area (Å²) in [5, 5.41) is 17.2. The normalized spacial score (nSPS) is 11.0. The number of hydrazone groups is 1. The molecule has 0 saturated carbocycles. The predicted molar refractivity (Wildman–Crippen MR) is 73.9 cm³/mol. The summed E-state index contributed by atoms with van der Waals surface area (Å²) < 4.78 is 13.7. The Morgan fingerprint density at radius 1 is 1.67 bits per heavy atom. The summed E-state index contributed by atoms with van der Waals surface area (Å²) in [5.74, 6) is -1.08. The summed E-state index contributed by atoms with van der Waals surface area (Å²) in [7, 11) is 0. The molecule has 11 heteroatoms. The topological polar surface area (TPSA) is 102 Å². The van der Waals surface area contributed by atoms with Gasteiger partial charge >= 0.3 is 5.82 Å². The van der Waals surface area contributed by atoms with Gasteiger partial charge in [0.15, 0.2) is 10.2 Å². The van der Waals surface area contributed by atoms with Crippen LogP contribution in [0.25, 0.3) is 0 Å². The van der Waals surface area contributed by atoms with E-state index in [1.165, 1.54) is 18.3 Å². The van der Waals surface area contributed by atoms with Crippen molar-refractivity contribution in [3.05, 3.63) is 43.5 Å². The average molecular weight is 332 g/mol. The average Bonchev–Trinajstić information content (AvgIpc) is 2.96. The lowest BCUT2D eigenvalue weighted by Crippen LogP contribution is -2.23. The van der Waals surface area contributed by atoms with Crippen molar-refractivity contribution < 1.29 is 14.1 Å². The van der Waals surface area contributed by atoms with Crippen LogP contribution in [0, 0.1) is 15.2 Å². The Morgan fingerprint density at radius 3 is 3.00 bits per heavy atom. The Kier molecular flexibility index (Phi) is 4.60. The predicted octanol–water partition coefficient (Wildman–Crippen LogP) is 1.80. The van der Waals surface area contributed by atoms with Crippen LogP contribution < -0.4 is 5.43 Å². The first kappa shape index (κ1) is 15.1. The van der Waals surface area contributed by atoms with Crippen LogP contribution in [0.5, 0.6) is 0 Å². The van der Waals surface area contributed by atoms with Crippen molar-refractivity contribution in [2.45, 2.75) is 6.54 Å². The number of thiophene rings is 1.